The average Bonchev–Trinajstić information content (AvgIpc) is 3.89. The van der Waals surface area contributed by atoms with Gasteiger partial charge in [-0.1, -0.05) is 72.1 Å². The molecule has 57 heavy (non-hydrogen) atoms. The third-order valence-corrected chi connectivity index (χ3v) is 13.0. The summed E-state index contributed by atoms with van der Waals surface area (Å²) in [5.74, 6) is -0.193. The molecule has 10 nitrogen and oxygen atoms in total. The number of nitrogens with one attached hydrogen (secondary N) is 1. The number of benzene rings is 4. The third kappa shape index (κ3) is 8.89. The second-order valence-electron chi connectivity index (χ2n) is 14.3. The van der Waals surface area contributed by atoms with E-state index in [1.165, 1.54) is 0 Å². The zero-order valence-corrected chi connectivity index (χ0v) is 34.2. The zero-order chi connectivity index (χ0) is 39.8. The average molecular weight is 801 g/mol. The van der Waals surface area contributed by atoms with Crippen molar-refractivity contribution in [2.75, 3.05) is 33.5 Å². The van der Waals surface area contributed by atoms with Gasteiger partial charge < -0.3 is 20.5 Å². The fourth-order valence-electron chi connectivity index (χ4n) is 7.69. The van der Waals surface area contributed by atoms with Crippen molar-refractivity contribution in [3.05, 3.63) is 133 Å². The van der Waals surface area contributed by atoms with Gasteiger partial charge in [0, 0.05) is 79.5 Å². The van der Waals surface area contributed by atoms with Gasteiger partial charge in [0.05, 0.1) is 22.2 Å². The zero-order valence-electron chi connectivity index (χ0n) is 32.5. The Morgan fingerprint density at radius 3 is 1.42 bits per heavy atom. The summed E-state index contributed by atoms with van der Waals surface area (Å²) in [5, 5.41) is 11.3. The van der Waals surface area contributed by atoms with Crippen LogP contribution in [0.2, 0.25) is 0 Å². The molecule has 2 saturated heterocycles. The van der Waals surface area contributed by atoms with E-state index in [2.05, 4.69) is 94.4 Å². The molecule has 2 amide bonds. The minimum absolute atomic E-state index is 0.0727. The number of nitrogens with two attached hydrogens (primary N) is 1. The van der Waals surface area contributed by atoms with E-state index in [0.29, 0.717) is 52.1 Å². The van der Waals surface area contributed by atoms with Gasteiger partial charge in [0.25, 0.3) is 0 Å². The summed E-state index contributed by atoms with van der Waals surface area (Å²) in [6.07, 6.45) is 6.29. The largest absolute Gasteiger partial charge is 0.381 e. The van der Waals surface area contributed by atoms with Crippen molar-refractivity contribution < 1.29 is 19.1 Å². The molecular formula is C45H48N6O4S2. The first-order valence-electron chi connectivity index (χ1n) is 19.1. The van der Waals surface area contributed by atoms with Crippen LogP contribution in [0.5, 0.6) is 0 Å². The third-order valence-electron chi connectivity index (χ3n) is 11.0. The molecule has 0 atom stereocenters. The second kappa shape index (κ2) is 18.0. The van der Waals surface area contributed by atoms with Gasteiger partial charge in [-0.2, -0.15) is 10.2 Å². The Bertz CT molecular complexity index is 2290. The van der Waals surface area contributed by atoms with Crippen molar-refractivity contribution in [1.82, 2.24) is 24.9 Å². The fraction of sp³-hybridized carbons (Fsp3) is 0.289. The Labute approximate surface area is 342 Å². The van der Waals surface area contributed by atoms with Crippen molar-refractivity contribution >= 4 is 35.3 Å². The quantitative estimate of drug-likeness (QED) is 0.144. The smallest absolute Gasteiger partial charge is 0.230 e. The molecule has 0 spiro atoms. The maximum absolute atomic E-state index is 12.8. The van der Waals surface area contributed by atoms with Crippen molar-refractivity contribution in [3.8, 4) is 22.5 Å². The van der Waals surface area contributed by atoms with E-state index in [1.807, 2.05) is 60.0 Å². The number of hydrogen-bond donors (Lipinski definition) is 2. The molecule has 2 fully saturated rings. The Balaban J connectivity index is 0.000000174. The highest BCUT2D eigenvalue weighted by atomic mass is 32.2. The lowest BCUT2D eigenvalue weighted by molar-refractivity contribution is -0.130. The predicted molar refractivity (Wildman–Crippen MR) is 225 cm³/mol. The van der Waals surface area contributed by atoms with Gasteiger partial charge >= 0.3 is 0 Å². The number of ether oxygens (including phenoxy) is 2. The van der Waals surface area contributed by atoms with Crippen LogP contribution in [0, 0.1) is 0 Å². The molecule has 12 heteroatoms. The number of hydrogen-bond acceptors (Lipinski definition) is 8. The van der Waals surface area contributed by atoms with Gasteiger partial charge in [-0.25, -0.2) is 0 Å². The molecule has 6 aromatic rings. The van der Waals surface area contributed by atoms with Crippen LogP contribution < -0.4 is 11.1 Å². The number of amides is 2. The first-order valence-corrected chi connectivity index (χ1v) is 20.8. The monoisotopic (exact) mass is 800 g/mol. The highest BCUT2D eigenvalue weighted by Gasteiger charge is 2.42. The lowest BCUT2D eigenvalue weighted by Crippen LogP contribution is -2.46. The van der Waals surface area contributed by atoms with E-state index in [-0.39, 0.29) is 11.8 Å². The van der Waals surface area contributed by atoms with E-state index in [9.17, 15) is 9.59 Å². The number of aryl methyl sites for hydroxylation is 2. The van der Waals surface area contributed by atoms with Crippen LogP contribution in [0.15, 0.2) is 141 Å². The van der Waals surface area contributed by atoms with E-state index < -0.39 is 10.8 Å². The fourth-order valence-corrected chi connectivity index (χ4v) is 9.45. The molecule has 3 N–H and O–H groups in total. The molecule has 2 aromatic heterocycles. The van der Waals surface area contributed by atoms with E-state index in [0.717, 1.165) is 53.2 Å². The summed E-state index contributed by atoms with van der Waals surface area (Å²) in [7, 11) is 5.60. The van der Waals surface area contributed by atoms with Crippen LogP contribution >= 0.6 is 23.5 Å². The van der Waals surface area contributed by atoms with Crippen LogP contribution in [0.4, 0.5) is 0 Å². The standard InChI is InChI=1S/C23H25N3O2S.C22H23N3O2S/c1-24-22(27)23(11-14-28-15-12-23)18-4-3-5-20(16-18)29-19-8-6-17(7-9-19)21-10-13-25-26(21)2;1-25-20(9-12-24-25)16-5-7-18(8-6-16)28-19-4-2-3-17(15-19)22(21(23)26)10-13-27-14-11-22/h3-10,13,16H,11-12,14-15H2,1-2H3,(H,24,27);2-9,12,15H,10-11,13-14H2,1H3,(H2,23,26). The number of nitrogens with zero attached hydrogens (tertiary/aromatic N) is 4. The highest BCUT2D eigenvalue weighted by molar-refractivity contribution is 7.99. The summed E-state index contributed by atoms with van der Waals surface area (Å²) >= 11 is 3.39. The van der Waals surface area contributed by atoms with E-state index in [1.54, 1.807) is 36.8 Å². The molecule has 0 bridgehead atoms. The molecule has 2 aliphatic rings. The summed E-state index contributed by atoms with van der Waals surface area (Å²) < 4.78 is 14.7. The highest BCUT2D eigenvalue weighted by Crippen LogP contribution is 2.40. The minimum atomic E-state index is -0.627. The Morgan fingerprint density at radius 2 is 1.04 bits per heavy atom. The Morgan fingerprint density at radius 1 is 0.614 bits per heavy atom. The molecule has 0 aliphatic carbocycles. The molecule has 4 aromatic carbocycles. The van der Waals surface area contributed by atoms with Crippen molar-refractivity contribution in [2.45, 2.75) is 56.1 Å². The number of rotatable bonds is 10. The van der Waals surface area contributed by atoms with E-state index in [4.69, 9.17) is 15.2 Å². The van der Waals surface area contributed by atoms with Crippen LogP contribution in [-0.4, -0.2) is 64.9 Å². The predicted octanol–water partition coefficient (Wildman–Crippen LogP) is 7.80. The number of primary amides is 1. The van der Waals surface area contributed by atoms with Gasteiger partial charge in [0.2, 0.25) is 11.8 Å². The molecular weight excluding hydrogens is 753 g/mol. The summed E-state index contributed by atoms with van der Waals surface area (Å²) in [5.41, 5.74) is 11.2. The summed E-state index contributed by atoms with van der Waals surface area (Å²) in [6, 6.07) is 37.5. The van der Waals surface area contributed by atoms with Crippen LogP contribution in [-0.2, 0) is 44.0 Å². The maximum atomic E-state index is 12.8. The molecule has 0 unspecified atom stereocenters. The van der Waals surface area contributed by atoms with Gasteiger partial charge in [-0.05, 0) is 109 Å². The number of likely N-dealkylation sites (N-methyl/N-ethyl adjacent to an activating group) is 1. The van der Waals surface area contributed by atoms with Crippen molar-refractivity contribution in [1.29, 1.82) is 0 Å². The lowest BCUT2D eigenvalue weighted by Gasteiger charge is -2.36. The SMILES string of the molecule is CNC(=O)C1(c2cccc(Sc3ccc(-c4ccnn4C)cc3)c2)CCOCC1.Cn1nccc1-c1ccc(Sc2cccc(C3(C(N)=O)CCOCC3)c2)cc1. The lowest BCUT2D eigenvalue weighted by atomic mass is 9.73. The van der Waals surface area contributed by atoms with E-state index >= 15 is 0 Å². The Hall–Kier alpha value is -5.14. The maximum Gasteiger partial charge on any atom is 0.230 e. The minimum Gasteiger partial charge on any atom is -0.381 e. The first-order chi connectivity index (χ1) is 27.7. The van der Waals surface area contributed by atoms with Gasteiger partial charge in [-0.15, -0.1) is 0 Å². The summed E-state index contributed by atoms with van der Waals surface area (Å²) in [4.78, 5) is 29.6. The molecule has 294 valence electrons. The molecule has 4 heterocycles. The number of carbonyl (C=O) groups is 2. The van der Waals surface area contributed by atoms with Crippen molar-refractivity contribution in [2.24, 2.45) is 19.8 Å². The van der Waals surface area contributed by atoms with Gasteiger partial charge in [0.15, 0.2) is 0 Å². The number of carbonyl (C=O) groups excluding carboxylic acids is 2. The van der Waals surface area contributed by atoms with Crippen LogP contribution in [0.25, 0.3) is 22.5 Å². The molecule has 0 saturated carbocycles. The Kier molecular flexibility index (Phi) is 12.6. The first kappa shape index (κ1) is 40.1. The van der Waals surface area contributed by atoms with Crippen LogP contribution in [0.1, 0.15) is 36.8 Å². The second-order valence-corrected chi connectivity index (χ2v) is 16.6. The normalized spacial score (nSPS) is 15.9. The van der Waals surface area contributed by atoms with Gasteiger partial charge in [0.1, 0.15) is 0 Å². The molecule has 2 aliphatic heterocycles. The van der Waals surface area contributed by atoms with Crippen molar-refractivity contribution in [3.63, 3.8) is 0 Å². The molecule has 8 rings (SSSR count). The molecule has 0 radical (unpaired) electrons. The van der Waals surface area contributed by atoms with Gasteiger partial charge in [-0.3, -0.25) is 19.0 Å². The number of aromatic nitrogens is 4. The summed E-state index contributed by atoms with van der Waals surface area (Å²) in [6.45, 7) is 2.35. The topological polar surface area (TPSA) is 126 Å². The van der Waals surface area contributed by atoms with Crippen LogP contribution in [0.3, 0.4) is 0 Å².